The van der Waals surface area contributed by atoms with Crippen LogP contribution in [0.15, 0.2) is 73.3 Å². The normalized spacial score (nSPS) is 13.7. The lowest BCUT2D eigenvalue weighted by atomic mass is 9.98. The third kappa shape index (κ3) is 12.2. The summed E-state index contributed by atoms with van der Waals surface area (Å²) in [6, 6.07) is 15.0. The molecule has 9 nitrogen and oxygen atoms in total. The van der Waals surface area contributed by atoms with E-state index in [1.54, 1.807) is 65.8 Å². The van der Waals surface area contributed by atoms with Gasteiger partial charge in [0, 0.05) is 13.0 Å². The molecule has 0 radical (unpaired) electrons. The number of carbonyl (C=O) groups excluding carboxylic acids is 4. The zero-order valence-corrected chi connectivity index (χ0v) is 27.4. The number of nitrogens with zero attached hydrogens (tertiary/aromatic N) is 1. The Labute approximate surface area is 262 Å². The van der Waals surface area contributed by atoms with E-state index in [1.807, 2.05) is 50.2 Å². The lowest BCUT2D eigenvalue weighted by molar-refractivity contribution is -0.159. The first kappa shape index (κ1) is 36.1. The fraction of sp³-hybridized carbons (Fsp3) is 0.486. The Kier molecular flexibility index (Phi) is 13.2. The van der Waals surface area contributed by atoms with E-state index in [2.05, 4.69) is 17.2 Å². The van der Waals surface area contributed by atoms with Gasteiger partial charge in [0.05, 0.1) is 0 Å². The van der Waals surface area contributed by atoms with Gasteiger partial charge in [-0.05, 0) is 65.0 Å². The lowest BCUT2D eigenvalue weighted by Gasteiger charge is -2.35. The Morgan fingerprint density at radius 1 is 0.818 bits per heavy atom. The molecule has 3 amide bonds. The summed E-state index contributed by atoms with van der Waals surface area (Å²) in [6.45, 7) is 18.2. The molecule has 0 saturated heterocycles. The first-order valence-electron chi connectivity index (χ1n) is 15.0. The highest BCUT2D eigenvalue weighted by atomic mass is 16.6. The smallest absolute Gasteiger partial charge is 0.408 e. The van der Waals surface area contributed by atoms with E-state index in [0.717, 1.165) is 5.56 Å². The molecule has 0 spiro atoms. The molecule has 2 N–H and O–H groups in total. The molecule has 44 heavy (non-hydrogen) atoms. The highest BCUT2D eigenvalue weighted by molar-refractivity contribution is 5.94. The second-order valence-electron chi connectivity index (χ2n) is 13.2. The minimum atomic E-state index is -1.14. The molecule has 2 aromatic carbocycles. The minimum absolute atomic E-state index is 0.00615. The van der Waals surface area contributed by atoms with Crippen molar-refractivity contribution < 1.29 is 28.7 Å². The van der Waals surface area contributed by atoms with Crippen LogP contribution >= 0.6 is 0 Å². The number of hydrogen-bond acceptors (Lipinski definition) is 6. The highest BCUT2D eigenvalue weighted by Gasteiger charge is 2.38. The molecule has 0 aliphatic carbocycles. The predicted molar refractivity (Wildman–Crippen MR) is 172 cm³/mol. The van der Waals surface area contributed by atoms with E-state index >= 15 is 0 Å². The van der Waals surface area contributed by atoms with Crippen LogP contribution in [0.3, 0.4) is 0 Å². The molecule has 3 unspecified atom stereocenters. The van der Waals surface area contributed by atoms with Crippen molar-refractivity contribution in [3.8, 4) is 0 Å². The number of esters is 1. The summed E-state index contributed by atoms with van der Waals surface area (Å²) in [5.41, 5.74) is -0.184. The van der Waals surface area contributed by atoms with Crippen LogP contribution in [0.25, 0.3) is 0 Å². The summed E-state index contributed by atoms with van der Waals surface area (Å²) < 4.78 is 11.1. The van der Waals surface area contributed by atoms with Gasteiger partial charge in [0.2, 0.25) is 11.8 Å². The van der Waals surface area contributed by atoms with Crippen LogP contribution in [0.2, 0.25) is 0 Å². The van der Waals surface area contributed by atoms with Gasteiger partial charge in [-0.3, -0.25) is 9.59 Å². The summed E-state index contributed by atoms with van der Waals surface area (Å²) >= 11 is 0. The van der Waals surface area contributed by atoms with E-state index in [4.69, 9.17) is 9.47 Å². The molecule has 0 aliphatic heterocycles. The maximum atomic E-state index is 14.2. The lowest BCUT2D eigenvalue weighted by Crippen LogP contribution is -2.55. The van der Waals surface area contributed by atoms with Crippen LogP contribution in [0.4, 0.5) is 4.79 Å². The van der Waals surface area contributed by atoms with Crippen molar-refractivity contribution in [3.63, 3.8) is 0 Å². The molecular weight excluding hydrogens is 558 g/mol. The van der Waals surface area contributed by atoms with E-state index < -0.39 is 53.2 Å². The van der Waals surface area contributed by atoms with Crippen LogP contribution in [-0.4, -0.2) is 58.6 Å². The zero-order valence-electron chi connectivity index (χ0n) is 27.4. The predicted octanol–water partition coefficient (Wildman–Crippen LogP) is 5.75. The van der Waals surface area contributed by atoms with Crippen LogP contribution < -0.4 is 10.6 Å². The minimum Gasteiger partial charge on any atom is -0.458 e. The van der Waals surface area contributed by atoms with Crippen molar-refractivity contribution in [1.29, 1.82) is 0 Å². The summed E-state index contributed by atoms with van der Waals surface area (Å²) in [4.78, 5) is 55.9. The standard InChI is InChI=1S/C35H49N3O6/c1-10-21-38(31(40)27(22-24(2)3)37-33(42)44-35(7,8)9)29(26-19-15-12-16-20-26)30(39)36-28(32(41)43-34(4,5)6)23-25-17-13-11-14-18-25/h10-20,24,27-29H,1,21-23H2,2-9H3,(H,36,39)(H,37,42). The number of hydrogen-bond donors (Lipinski definition) is 2. The number of carbonyl (C=O) groups is 4. The summed E-state index contributed by atoms with van der Waals surface area (Å²) in [5.74, 6) is -1.60. The zero-order chi connectivity index (χ0) is 33.1. The topological polar surface area (TPSA) is 114 Å². The number of ether oxygens (including phenoxy) is 2. The number of amides is 3. The Hall–Kier alpha value is -4.14. The quantitative estimate of drug-likeness (QED) is 0.221. The first-order chi connectivity index (χ1) is 20.5. The SMILES string of the molecule is C=CCN(C(=O)C(CC(C)C)NC(=O)OC(C)(C)C)C(C(=O)NC(Cc1ccccc1)C(=O)OC(C)(C)C)c1ccccc1. The van der Waals surface area contributed by atoms with Gasteiger partial charge in [0.25, 0.3) is 0 Å². The number of alkyl carbamates (subject to hydrolysis) is 1. The van der Waals surface area contributed by atoms with Gasteiger partial charge < -0.3 is 25.0 Å². The van der Waals surface area contributed by atoms with E-state index in [1.165, 1.54) is 11.0 Å². The molecule has 0 bridgehead atoms. The van der Waals surface area contributed by atoms with Crippen LogP contribution in [-0.2, 0) is 30.3 Å². The molecule has 0 saturated carbocycles. The van der Waals surface area contributed by atoms with Crippen molar-refractivity contribution in [2.75, 3.05) is 6.54 Å². The fourth-order valence-electron chi connectivity index (χ4n) is 4.58. The fourth-order valence-corrected chi connectivity index (χ4v) is 4.58. The van der Waals surface area contributed by atoms with Gasteiger partial charge >= 0.3 is 12.1 Å². The van der Waals surface area contributed by atoms with Crippen molar-refractivity contribution in [2.24, 2.45) is 5.92 Å². The third-order valence-corrected chi connectivity index (χ3v) is 6.27. The molecule has 3 atom stereocenters. The maximum Gasteiger partial charge on any atom is 0.408 e. The Morgan fingerprint density at radius 2 is 1.36 bits per heavy atom. The summed E-state index contributed by atoms with van der Waals surface area (Å²) in [7, 11) is 0. The second-order valence-corrected chi connectivity index (χ2v) is 13.2. The van der Waals surface area contributed by atoms with Gasteiger partial charge in [-0.25, -0.2) is 9.59 Å². The first-order valence-corrected chi connectivity index (χ1v) is 15.0. The van der Waals surface area contributed by atoms with E-state index in [0.29, 0.717) is 12.0 Å². The molecule has 2 rings (SSSR count). The number of benzene rings is 2. The van der Waals surface area contributed by atoms with Gasteiger partial charge in [0.15, 0.2) is 0 Å². The Bertz CT molecular complexity index is 1250. The largest absolute Gasteiger partial charge is 0.458 e. The third-order valence-electron chi connectivity index (χ3n) is 6.27. The van der Waals surface area contributed by atoms with Crippen molar-refractivity contribution in [3.05, 3.63) is 84.4 Å². The average Bonchev–Trinajstić information content (AvgIpc) is 2.90. The van der Waals surface area contributed by atoms with Gasteiger partial charge in [-0.2, -0.15) is 0 Å². The molecule has 9 heteroatoms. The molecular formula is C35H49N3O6. The average molecular weight is 608 g/mol. The molecule has 2 aromatic rings. The van der Waals surface area contributed by atoms with Gasteiger partial charge in [0.1, 0.15) is 29.3 Å². The van der Waals surface area contributed by atoms with E-state index in [-0.39, 0.29) is 18.9 Å². The summed E-state index contributed by atoms with van der Waals surface area (Å²) in [6.07, 6.45) is 1.29. The molecule has 240 valence electrons. The summed E-state index contributed by atoms with van der Waals surface area (Å²) in [5, 5.41) is 5.59. The van der Waals surface area contributed by atoms with Crippen LogP contribution in [0, 0.1) is 5.92 Å². The van der Waals surface area contributed by atoms with Crippen LogP contribution in [0.1, 0.15) is 79.0 Å². The highest BCUT2D eigenvalue weighted by Crippen LogP contribution is 2.25. The molecule has 0 aromatic heterocycles. The van der Waals surface area contributed by atoms with Crippen molar-refractivity contribution in [1.82, 2.24) is 15.5 Å². The Morgan fingerprint density at radius 3 is 1.86 bits per heavy atom. The maximum absolute atomic E-state index is 14.2. The van der Waals surface area contributed by atoms with E-state index in [9.17, 15) is 19.2 Å². The molecule has 0 fully saturated rings. The number of rotatable bonds is 13. The molecule has 0 aliphatic rings. The van der Waals surface area contributed by atoms with Gasteiger partial charge in [-0.1, -0.05) is 80.6 Å². The monoisotopic (exact) mass is 607 g/mol. The molecule has 0 heterocycles. The number of nitrogens with one attached hydrogen (secondary N) is 2. The van der Waals surface area contributed by atoms with Crippen molar-refractivity contribution >= 4 is 23.9 Å². The Balaban J connectivity index is 2.53. The van der Waals surface area contributed by atoms with Gasteiger partial charge in [-0.15, -0.1) is 6.58 Å². The second kappa shape index (κ2) is 16.1. The van der Waals surface area contributed by atoms with Crippen molar-refractivity contribution in [2.45, 2.75) is 97.6 Å². The van der Waals surface area contributed by atoms with Crippen LogP contribution in [0.5, 0.6) is 0 Å².